The minimum atomic E-state index is -3.56. The van der Waals surface area contributed by atoms with E-state index in [9.17, 15) is 8.42 Å². The molecule has 138 valence electrons. The highest BCUT2D eigenvalue weighted by molar-refractivity contribution is 7.91. The van der Waals surface area contributed by atoms with E-state index in [1.165, 1.54) is 14.2 Å². The lowest BCUT2D eigenvalue weighted by molar-refractivity contribution is 0.299. The fraction of sp³-hybridized carbons (Fsp3) is 0.263. The van der Waals surface area contributed by atoms with Crippen LogP contribution in [0, 0.1) is 0 Å². The van der Waals surface area contributed by atoms with Gasteiger partial charge in [0.05, 0.1) is 14.2 Å². The van der Waals surface area contributed by atoms with Crippen molar-refractivity contribution in [2.24, 2.45) is 0 Å². The Morgan fingerprint density at radius 2 is 1.77 bits per heavy atom. The number of methoxy groups -OCH3 is 2. The van der Waals surface area contributed by atoms with Crippen LogP contribution in [-0.4, -0.2) is 40.6 Å². The topological polar surface area (TPSA) is 86.0 Å². The van der Waals surface area contributed by atoms with Crippen LogP contribution in [0.1, 0.15) is 5.56 Å². The highest BCUT2D eigenvalue weighted by Crippen LogP contribution is 2.40. The summed E-state index contributed by atoms with van der Waals surface area (Å²) in [6.07, 6.45) is 1.59. The molecule has 0 unspecified atom stereocenters. The van der Waals surface area contributed by atoms with Gasteiger partial charge in [-0.1, -0.05) is 6.07 Å². The summed E-state index contributed by atoms with van der Waals surface area (Å²) in [5, 5.41) is 9.65. The number of fused-ring (bicyclic) bond motifs is 1. The zero-order valence-corrected chi connectivity index (χ0v) is 15.6. The maximum absolute atomic E-state index is 12.5. The van der Waals surface area contributed by atoms with Crippen LogP contribution in [0.5, 0.6) is 11.5 Å². The minimum Gasteiger partial charge on any atom is -0.493 e. The van der Waals surface area contributed by atoms with Crippen molar-refractivity contribution in [1.29, 1.82) is 0 Å². The van der Waals surface area contributed by atoms with E-state index in [4.69, 9.17) is 19.0 Å². The van der Waals surface area contributed by atoms with Gasteiger partial charge in [-0.25, -0.2) is 8.42 Å². The number of sulfone groups is 1. The molecule has 3 aromatic rings. The molecule has 0 bridgehead atoms. The van der Waals surface area contributed by atoms with E-state index in [0.717, 1.165) is 11.8 Å². The van der Waals surface area contributed by atoms with Crippen LogP contribution in [0.4, 0.5) is 0 Å². The summed E-state index contributed by atoms with van der Waals surface area (Å²) in [4.78, 5) is 0.125. The van der Waals surface area contributed by atoms with Crippen LogP contribution in [0.15, 0.2) is 45.7 Å². The third-order valence-electron chi connectivity index (χ3n) is 4.12. The molecule has 0 aliphatic rings. The van der Waals surface area contributed by atoms with E-state index in [1.807, 2.05) is 6.07 Å². The third-order valence-corrected chi connectivity index (χ3v) is 5.27. The van der Waals surface area contributed by atoms with Gasteiger partial charge in [0, 0.05) is 23.8 Å². The van der Waals surface area contributed by atoms with E-state index < -0.39 is 9.84 Å². The van der Waals surface area contributed by atoms with Crippen LogP contribution in [0.25, 0.3) is 22.3 Å². The van der Waals surface area contributed by atoms with Crippen LogP contribution < -0.4 is 9.47 Å². The van der Waals surface area contributed by atoms with Crippen LogP contribution in [0.2, 0.25) is 0 Å². The SMILES string of the molecule is COc1ccc(-c2oc3ccc(CCO)cc3c2S(C)(=O)=O)cc1OC. The summed E-state index contributed by atoms with van der Waals surface area (Å²) >= 11 is 0. The molecular formula is C19H20O6S. The smallest absolute Gasteiger partial charge is 0.179 e. The summed E-state index contributed by atoms with van der Waals surface area (Å²) in [6, 6.07) is 10.4. The molecule has 1 heterocycles. The molecule has 0 fully saturated rings. The van der Waals surface area contributed by atoms with Gasteiger partial charge in [0.1, 0.15) is 10.5 Å². The van der Waals surface area contributed by atoms with Gasteiger partial charge >= 0.3 is 0 Å². The van der Waals surface area contributed by atoms with Gasteiger partial charge in [-0.2, -0.15) is 0 Å². The number of hydrogen-bond acceptors (Lipinski definition) is 6. The summed E-state index contributed by atoms with van der Waals surface area (Å²) in [5.41, 5.74) is 1.88. The fourth-order valence-electron chi connectivity index (χ4n) is 2.94. The standard InChI is InChI=1S/C19H20O6S/c1-23-16-7-5-13(11-17(16)24-2)18-19(26(3,21)22)14-10-12(8-9-20)4-6-15(14)25-18/h4-7,10-11,20H,8-9H2,1-3H3. The van der Waals surface area contributed by atoms with Gasteiger partial charge in [-0.05, 0) is 42.3 Å². The normalized spacial score (nSPS) is 11.7. The second-order valence-electron chi connectivity index (χ2n) is 5.91. The number of aliphatic hydroxyl groups is 1. The first-order valence-corrected chi connectivity index (χ1v) is 9.87. The quantitative estimate of drug-likeness (QED) is 0.712. The first kappa shape index (κ1) is 18.3. The van der Waals surface area contributed by atoms with Crippen molar-refractivity contribution in [3.05, 3.63) is 42.0 Å². The third kappa shape index (κ3) is 3.27. The molecule has 0 aliphatic carbocycles. The van der Waals surface area contributed by atoms with E-state index in [0.29, 0.717) is 34.5 Å². The average Bonchev–Trinajstić information content (AvgIpc) is 3.00. The molecule has 0 aliphatic heterocycles. The van der Waals surface area contributed by atoms with Gasteiger partial charge in [0.15, 0.2) is 27.1 Å². The molecule has 0 atom stereocenters. The van der Waals surface area contributed by atoms with Crippen molar-refractivity contribution in [3.63, 3.8) is 0 Å². The lowest BCUT2D eigenvalue weighted by atomic mass is 10.1. The number of aliphatic hydroxyl groups excluding tert-OH is 1. The van der Waals surface area contributed by atoms with Gasteiger partial charge in [-0.15, -0.1) is 0 Å². The molecule has 0 saturated carbocycles. The van der Waals surface area contributed by atoms with Gasteiger partial charge < -0.3 is 19.0 Å². The Morgan fingerprint density at radius 1 is 1.04 bits per heavy atom. The van der Waals surface area contributed by atoms with E-state index in [2.05, 4.69) is 0 Å². The number of benzene rings is 2. The number of ether oxygens (including phenoxy) is 2. The first-order valence-electron chi connectivity index (χ1n) is 7.97. The Hall–Kier alpha value is -2.51. The first-order chi connectivity index (χ1) is 12.4. The van der Waals surface area contributed by atoms with Crippen molar-refractivity contribution in [2.45, 2.75) is 11.3 Å². The van der Waals surface area contributed by atoms with Crippen LogP contribution in [-0.2, 0) is 16.3 Å². The zero-order valence-electron chi connectivity index (χ0n) is 14.8. The van der Waals surface area contributed by atoms with Crippen molar-refractivity contribution in [2.75, 3.05) is 27.1 Å². The summed E-state index contributed by atoms with van der Waals surface area (Å²) < 4.78 is 41.4. The Labute approximate surface area is 151 Å². The maximum atomic E-state index is 12.5. The minimum absolute atomic E-state index is 0.0138. The van der Waals surface area contributed by atoms with Gasteiger partial charge in [-0.3, -0.25) is 0 Å². The van der Waals surface area contributed by atoms with Crippen LogP contribution in [0.3, 0.4) is 0 Å². The molecule has 0 radical (unpaired) electrons. The molecule has 0 saturated heterocycles. The molecule has 2 aromatic carbocycles. The lowest BCUT2D eigenvalue weighted by Gasteiger charge is -2.09. The van der Waals surface area contributed by atoms with Crippen molar-refractivity contribution in [3.8, 4) is 22.8 Å². The highest BCUT2D eigenvalue weighted by atomic mass is 32.2. The fourth-order valence-corrected chi connectivity index (χ4v) is 4.00. The zero-order chi connectivity index (χ0) is 18.9. The molecule has 7 heteroatoms. The van der Waals surface area contributed by atoms with Gasteiger partial charge in [0.2, 0.25) is 0 Å². The van der Waals surface area contributed by atoms with Crippen molar-refractivity contribution >= 4 is 20.8 Å². The summed E-state index contributed by atoms with van der Waals surface area (Å²) in [5.74, 6) is 1.27. The monoisotopic (exact) mass is 376 g/mol. The molecule has 0 spiro atoms. The molecule has 1 aromatic heterocycles. The lowest BCUT2D eigenvalue weighted by Crippen LogP contribution is -1.99. The molecular weight excluding hydrogens is 356 g/mol. The van der Waals surface area contributed by atoms with Crippen LogP contribution >= 0.6 is 0 Å². The predicted octanol–water partition coefficient (Wildman–Crippen LogP) is 3.06. The Morgan fingerprint density at radius 3 is 2.38 bits per heavy atom. The van der Waals surface area contributed by atoms with Crippen molar-refractivity contribution < 1.29 is 27.4 Å². The average molecular weight is 376 g/mol. The van der Waals surface area contributed by atoms with Gasteiger partial charge in [0.25, 0.3) is 0 Å². The largest absolute Gasteiger partial charge is 0.493 e. The molecule has 3 rings (SSSR count). The maximum Gasteiger partial charge on any atom is 0.179 e. The van der Waals surface area contributed by atoms with E-state index >= 15 is 0 Å². The summed E-state index contributed by atoms with van der Waals surface area (Å²) in [7, 11) is -0.516. The number of rotatable bonds is 6. The second-order valence-corrected chi connectivity index (χ2v) is 7.86. The van der Waals surface area contributed by atoms with E-state index in [-0.39, 0.29) is 17.3 Å². The highest BCUT2D eigenvalue weighted by Gasteiger charge is 2.25. The Bertz CT molecular complexity index is 1050. The number of furan rings is 1. The predicted molar refractivity (Wildman–Crippen MR) is 98.7 cm³/mol. The van der Waals surface area contributed by atoms with Crippen molar-refractivity contribution in [1.82, 2.24) is 0 Å². The molecule has 1 N–H and O–H groups in total. The molecule has 6 nitrogen and oxygen atoms in total. The summed E-state index contributed by atoms with van der Waals surface area (Å²) in [6.45, 7) is -0.0138. The second kappa shape index (κ2) is 7.01. The molecule has 26 heavy (non-hydrogen) atoms. The number of hydrogen-bond donors (Lipinski definition) is 1. The van der Waals surface area contributed by atoms with E-state index in [1.54, 1.807) is 30.3 Å². The Kier molecular flexibility index (Phi) is 4.93. The Balaban J connectivity index is 2.29. The molecule has 0 amide bonds.